The van der Waals surface area contributed by atoms with Crippen LogP contribution in [0, 0.1) is 0 Å². The summed E-state index contributed by atoms with van der Waals surface area (Å²) in [4.78, 5) is 4.68. The maximum Gasteiger partial charge on any atom is 0.106 e. The van der Waals surface area contributed by atoms with Crippen molar-refractivity contribution in [1.82, 2.24) is 0 Å². The second-order valence-electron chi connectivity index (χ2n) is 2.30. The van der Waals surface area contributed by atoms with E-state index in [0.29, 0.717) is 0 Å². The van der Waals surface area contributed by atoms with E-state index in [0.717, 1.165) is 12.8 Å². The van der Waals surface area contributed by atoms with E-state index >= 15 is 0 Å². The maximum absolute atomic E-state index is 4.68. The lowest BCUT2D eigenvalue weighted by Crippen LogP contribution is -1.96. The molecule has 2 heteroatoms. The summed E-state index contributed by atoms with van der Waals surface area (Å²) in [6.45, 7) is 4.29. The first kappa shape index (κ1) is 9.47. The number of oxime groups is 1. The van der Waals surface area contributed by atoms with Gasteiger partial charge in [0.15, 0.2) is 0 Å². The quantitative estimate of drug-likeness (QED) is 0.428. The second-order valence-corrected chi connectivity index (χ2v) is 2.30. The summed E-state index contributed by atoms with van der Waals surface area (Å²) in [6, 6.07) is 0. The lowest BCUT2D eigenvalue weighted by atomic mass is 10.1. The summed E-state index contributed by atoms with van der Waals surface area (Å²) in [7, 11) is 1.60. The SMILES string of the molecule is CCCCC(CC)=NOC. The van der Waals surface area contributed by atoms with Gasteiger partial charge in [-0.2, -0.15) is 0 Å². The average molecular weight is 143 g/mol. The summed E-state index contributed by atoms with van der Waals surface area (Å²) >= 11 is 0. The second kappa shape index (κ2) is 6.59. The van der Waals surface area contributed by atoms with Crippen LogP contribution < -0.4 is 0 Å². The van der Waals surface area contributed by atoms with Crippen molar-refractivity contribution >= 4 is 5.71 Å². The van der Waals surface area contributed by atoms with Gasteiger partial charge in [0.2, 0.25) is 0 Å². The third-order valence-corrected chi connectivity index (χ3v) is 1.45. The van der Waals surface area contributed by atoms with Gasteiger partial charge in [0.1, 0.15) is 7.11 Å². The fourth-order valence-corrected chi connectivity index (χ4v) is 0.797. The van der Waals surface area contributed by atoms with Crippen molar-refractivity contribution in [2.24, 2.45) is 5.16 Å². The van der Waals surface area contributed by atoms with E-state index in [4.69, 9.17) is 0 Å². The number of nitrogens with zero attached hydrogens (tertiary/aromatic N) is 1. The molecule has 0 spiro atoms. The summed E-state index contributed by atoms with van der Waals surface area (Å²) in [5.41, 5.74) is 1.17. The van der Waals surface area contributed by atoms with Crippen molar-refractivity contribution in [1.29, 1.82) is 0 Å². The maximum atomic E-state index is 4.68. The van der Waals surface area contributed by atoms with Crippen LogP contribution in [0.2, 0.25) is 0 Å². The van der Waals surface area contributed by atoms with Crippen molar-refractivity contribution in [2.75, 3.05) is 7.11 Å². The first-order valence-corrected chi connectivity index (χ1v) is 3.94. The minimum atomic E-state index is 1.01. The first-order chi connectivity index (χ1) is 4.85. The van der Waals surface area contributed by atoms with E-state index in [1.807, 2.05) is 0 Å². The number of rotatable bonds is 5. The third kappa shape index (κ3) is 4.36. The molecule has 0 saturated heterocycles. The molecule has 0 radical (unpaired) electrons. The first-order valence-electron chi connectivity index (χ1n) is 3.94. The highest BCUT2D eigenvalue weighted by atomic mass is 16.6. The molecule has 0 heterocycles. The Bertz CT molecular complexity index is 99.4. The molecule has 2 nitrogen and oxygen atoms in total. The lowest BCUT2D eigenvalue weighted by Gasteiger charge is -1.99. The Morgan fingerprint density at radius 2 is 2.10 bits per heavy atom. The van der Waals surface area contributed by atoms with Gasteiger partial charge in [0.05, 0.1) is 5.71 Å². The highest BCUT2D eigenvalue weighted by Gasteiger charge is 1.94. The minimum Gasteiger partial charge on any atom is -0.399 e. The van der Waals surface area contributed by atoms with Gasteiger partial charge in [-0.05, 0) is 19.3 Å². The van der Waals surface area contributed by atoms with Crippen LogP contribution in [0.15, 0.2) is 5.16 Å². The highest BCUT2D eigenvalue weighted by Crippen LogP contribution is 2.00. The molecule has 0 aromatic rings. The molecule has 0 aliphatic heterocycles. The van der Waals surface area contributed by atoms with Crippen LogP contribution in [0.3, 0.4) is 0 Å². The molecule has 0 aromatic heterocycles. The molecule has 0 unspecified atom stereocenters. The summed E-state index contributed by atoms with van der Waals surface area (Å²) in [5.74, 6) is 0. The van der Waals surface area contributed by atoms with Crippen LogP contribution in [0.4, 0.5) is 0 Å². The topological polar surface area (TPSA) is 21.6 Å². The Morgan fingerprint density at radius 1 is 1.40 bits per heavy atom. The minimum absolute atomic E-state index is 1.01. The van der Waals surface area contributed by atoms with Crippen LogP contribution in [0.1, 0.15) is 39.5 Å². The standard InChI is InChI=1S/C8H17NO/c1-4-6-7-8(5-2)9-10-3/h4-7H2,1-3H3. The fourth-order valence-electron chi connectivity index (χ4n) is 0.797. The molecule has 0 fully saturated rings. The smallest absolute Gasteiger partial charge is 0.106 e. The monoisotopic (exact) mass is 143 g/mol. The molecule has 0 saturated carbocycles. The zero-order valence-electron chi connectivity index (χ0n) is 7.18. The van der Waals surface area contributed by atoms with Crippen molar-refractivity contribution < 1.29 is 4.84 Å². The zero-order chi connectivity index (χ0) is 7.82. The number of hydrogen-bond acceptors (Lipinski definition) is 2. The van der Waals surface area contributed by atoms with E-state index in [9.17, 15) is 0 Å². The Balaban J connectivity index is 3.49. The molecule has 0 aliphatic carbocycles. The lowest BCUT2D eigenvalue weighted by molar-refractivity contribution is 0.211. The Kier molecular flexibility index (Phi) is 6.24. The van der Waals surface area contributed by atoms with Gasteiger partial charge >= 0.3 is 0 Å². The molecule has 0 bridgehead atoms. The number of unbranched alkanes of at least 4 members (excludes halogenated alkanes) is 1. The van der Waals surface area contributed by atoms with E-state index < -0.39 is 0 Å². The van der Waals surface area contributed by atoms with Gasteiger partial charge in [-0.15, -0.1) is 0 Å². The van der Waals surface area contributed by atoms with Crippen molar-refractivity contribution in [3.05, 3.63) is 0 Å². The van der Waals surface area contributed by atoms with Gasteiger partial charge in [-0.25, -0.2) is 0 Å². The largest absolute Gasteiger partial charge is 0.399 e. The van der Waals surface area contributed by atoms with Crippen LogP contribution in [0.5, 0.6) is 0 Å². The molecule has 10 heavy (non-hydrogen) atoms. The third-order valence-electron chi connectivity index (χ3n) is 1.45. The number of hydrogen-bond donors (Lipinski definition) is 0. The molecule has 0 amide bonds. The fraction of sp³-hybridized carbons (Fsp3) is 0.875. The molecule has 60 valence electrons. The van der Waals surface area contributed by atoms with Crippen molar-refractivity contribution in [3.63, 3.8) is 0 Å². The molecular weight excluding hydrogens is 126 g/mol. The predicted octanol–water partition coefficient (Wildman–Crippen LogP) is 2.59. The van der Waals surface area contributed by atoms with Crippen molar-refractivity contribution in [3.8, 4) is 0 Å². The van der Waals surface area contributed by atoms with Gasteiger partial charge < -0.3 is 4.84 Å². The summed E-state index contributed by atoms with van der Waals surface area (Å²) in [5, 5.41) is 3.90. The summed E-state index contributed by atoms with van der Waals surface area (Å²) in [6.07, 6.45) is 4.54. The molecule has 0 rings (SSSR count). The van der Waals surface area contributed by atoms with E-state index in [2.05, 4.69) is 23.8 Å². The highest BCUT2D eigenvalue weighted by molar-refractivity contribution is 5.83. The predicted molar refractivity (Wildman–Crippen MR) is 44.3 cm³/mol. The molecular formula is C8H17NO. The van der Waals surface area contributed by atoms with Crippen LogP contribution >= 0.6 is 0 Å². The van der Waals surface area contributed by atoms with Gasteiger partial charge in [-0.3, -0.25) is 0 Å². The molecule has 0 aromatic carbocycles. The zero-order valence-corrected chi connectivity index (χ0v) is 7.18. The average Bonchev–Trinajstić information content (AvgIpc) is 1.98. The molecule has 0 atom stereocenters. The summed E-state index contributed by atoms with van der Waals surface area (Å²) < 4.78 is 0. The molecule has 0 N–H and O–H groups in total. The van der Waals surface area contributed by atoms with Crippen molar-refractivity contribution in [2.45, 2.75) is 39.5 Å². The van der Waals surface area contributed by atoms with E-state index in [1.54, 1.807) is 7.11 Å². The van der Waals surface area contributed by atoms with E-state index in [1.165, 1.54) is 18.6 Å². The van der Waals surface area contributed by atoms with Crippen LogP contribution in [-0.4, -0.2) is 12.8 Å². The molecule has 0 aliphatic rings. The van der Waals surface area contributed by atoms with Gasteiger partial charge in [0.25, 0.3) is 0 Å². The van der Waals surface area contributed by atoms with Crippen LogP contribution in [0.25, 0.3) is 0 Å². The van der Waals surface area contributed by atoms with Gasteiger partial charge in [0, 0.05) is 0 Å². The normalized spacial score (nSPS) is 11.7. The Morgan fingerprint density at radius 3 is 2.50 bits per heavy atom. The van der Waals surface area contributed by atoms with Crippen LogP contribution in [-0.2, 0) is 4.84 Å². The van der Waals surface area contributed by atoms with Gasteiger partial charge in [-0.1, -0.05) is 25.4 Å². The van der Waals surface area contributed by atoms with E-state index in [-0.39, 0.29) is 0 Å². The Labute approximate surface area is 63.3 Å². The Hall–Kier alpha value is -0.530.